The van der Waals surface area contributed by atoms with Crippen molar-refractivity contribution >= 4 is 26.9 Å². The van der Waals surface area contributed by atoms with Crippen LogP contribution in [0, 0.1) is 0 Å². The highest BCUT2D eigenvalue weighted by atomic mass is 79.9. The van der Waals surface area contributed by atoms with Crippen LogP contribution in [-0.2, 0) is 0 Å². The molecule has 84 valence electrons. The van der Waals surface area contributed by atoms with E-state index in [0.29, 0.717) is 16.8 Å². The van der Waals surface area contributed by atoms with Crippen molar-refractivity contribution < 1.29 is 9.63 Å². The minimum absolute atomic E-state index is 0.187. The number of para-hydroxylation sites is 1. The van der Waals surface area contributed by atoms with Crippen molar-refractivity contribution in [3.05, 3.63) is 46.9 Å². The van der Waals surface area contributed by atoms with Crippen molar-refractivity contribution in [3.63, 3.8) is 0 Å². The van der Waals surface area contributed by atoms with Gasteiger partial charge in [-0.25, -0.2) is 0 Å². The Balaban J connectivity index is 2.31. The predicted molar refractivity (Wildman–Crippen MR) is 68.8 cm³/mol. The van der Waals surface area contributed by atoms with Crippen molar-refractivity contribution in [3.8, 4) is 17.0 Å². The molecule has 0 aliphatic carbocycles. The topological polar surface area (TPSA) is 46.3 Å². The van der Waals surface area contributed by atoms with Crippen LogP contribution in [0.1, 0.15) is 0 Å². The third kappa shape index (κ3) is 1.70. The lowest BCUT2D eigenvalue weighted by atomic mass is 10.1. The second kappa shape index (κ2) is 3.89. The van der Waals surface area contributed by atoms with Crippen molar-refractivity contribution in [2.24, 2.45) is 0 Å². The van der Waals surface area contributed by atoms with Gasteiger partial charge in [-0.15, -0.1) is 0 Å². The lowest BCUT2D eigenvalue weighted by Gasteiger charge is -2.01. The third-order valence-corrected chi connectivity index (χ3v) is 3.08. The van der Waals surface area contributed by atoms with Gasteiger partial charge in [-0.05, 0) is 30.3 Å². The number of nitrogens with zero attached hydrogens (tertiary/aromatic N) is 1. The molecule has 0 fully saturated rings. The maximum atomic E-state index is 9.86. The Morgan fingerprint density at radius 2 is 1.94 bits per heavy atom. The van der Waals surface area contributed by atoms with Crippen molar-refractivity contribution in [2.75, 3.05) is 0 Å². The molecule has 0 spiro atoms. The second-order valence-electron chi connectivity index (χ2n) is 3.69. The smallest absolute Gasteiger partial charge is 0.167 e. The Hall–Kier alpha value is -1.81. The minimum atomic E-state index is 0.187. The number of hydrogen-bond acceptors (Lipinski definition) is 3. The van der Waals surface area contributed by atoms with Crippen LogP contribution in [0.4, 0.5) is 0 Å². The van der Waals surface area contributed by atoms with E-state index in [-0.39, 0.29) is 5.75 Å². The Kier molecular flexibility index (Phi) is 2.37. The summed E-state index contributed by atoms with van der Waals surface area (Å²) in [6.07, 6.45) is 0. The van der Waals surface area contributed by atoms with Gasteiger partial charge in [0.05, 0.1) is 0 Å². The summed E-state index contributed by atoms with van der Waals surface area (Å²) in [5.41, 5.74) is 2.02. The maximum Gasteiger partial charge on any atom is 0.167 e. The summed E-state index contributed by atoms with van der Waals surface area (Å²) in [6, 6.07) is 12.8. The average molecular weight is 290 g/mol. The first-order valence-electron chi connectivity index (χ1n) is 5.09. The van der Waals surface area contributed by atoms with Crippen LogP contribution in [0.5, 0.6) is 5.75 Å². The highest BCUT2D eigenvalue weighted by Crippen LogP contribution is 2.35. The molecule has 0 atom stereocenters. The molecule has 0 aliphatic rings. The lowest BCUT2D eigenvalue weighted by Crippen LogP contribution is -1.80. The molecular weight excluding hydrogens is 282 g/mol. The van der Waals surface area contributed by atoms with E-state index < -0.39 is 0 Å². The number of phenols is 1. The summed E-state index contributed by atoms with van der Waals surface area (Å²) in [6.45, 7) is 0. The van der Waals surface area contributed by atoms with E-state index in [2.05, 4.69) is 21.1 Å². The molecule has 3 nitrogen and oxygen atoms in total. The first kappa shape index (κ1) is 10.4. The summed E-state index contributed by atoms with van der Waals surface area (Å²) >= 11 is 3.38. The van der Waals surface area contributed by atoms with Gasteiger partial charge in [-0.2, -0.15) is 0 Å². The number of phenolic OH excluding ortho intramolecular Hbond substituents is 1. The van der Waals surface area contributed by atoms with Crippen LogP contribution in [0.25, 0.3) is 22.2 Å². The van der Waals surface area contributed by atoms with E-state index in [0.717, 1.165) is 9.86 Å². The Morgan fingerprint density at radius 1 is 1.12 bits per heavy atom. The zero-order valence-corrected chi connectivity index (χ0v) is 10.3. The number of benzene rings is 2. The van der Waals surface area contributed by atoms with E-state index in [1.165, 1.54) is 0 Å². The summed E-state index contributed by atoms with van der Waals surface area (Å²) < 4.78 is 6.11. The number of fused-ring (bicyclic) bond motifs is 1. The van der Waals surface area contributed by atoms with Crippen LogP contribution in [0.3, 0.4) is 0 Å². The molecule has 0 unspecified atom stereocenters. The van der Waals surface area contributed by atoms with Crippen LogP contribution in [0.15, 0.2) is 51.5 Å². The van der Waals surface area contributed by atoms with Gasteiger partial charge < -0.3 is 9.63 Å². The van der Waals surface area contributed by atoms with E-state index in [1.54, 1.807) is 12.1 Å². The van der Waals surface area contributed by atoms with E-state index in [4.69, 9.17) is 4.52 Å². The first-order valence-corrected chi connectivity index (χ1v) is 5.88. The number of halogens is 1. The zero-order valence-electron chi connectivity index (χ0n) is 8.72. The molecule has 0 bridgehead atoms. The molecule has 0 radical (unpaired) electrons. The van der Waals surface area contributed by atoms with Gasteiger partial charge in [0.2, 0.25) is 0 Å². The van der Waals surface area contributed by atoms with Gasteiger partial charge in [-0.1, -0.05) is 33.2 Å². The predicted octanol–water partition coefficient (Wildman–Crippen LogP) is 3.96. The molecule has 0 saturated heterocycles. The fourth-order valence-electron chi connectivity index (χ4n) is 1.78. The Labute approximate surface area is 106 Å². The summed E-state index contributed by atoms with van der Waals surface area (Å²) in [5.74, 6) is 0.187. The second-order valence-corrected chi connectivity index (χ2v) is 4.60. The van der Waals surface area contributed by atoms with Gasteiger partial charge >= 0.3 is 0 Å². The number of aromatic hydroxyl groups is 1. The van der Waals surface area contributed by atoms with Crippen molar-refractivity contribution in [1.82, 2.24) is 5.16 Å². The van der Waals surface area contributed by atoms with Crippen LogP contribution < -0.4 is 0 Å². The SMILES string of the molecule is Oc1ccc(Br)cc1-c1noc2ccccc12. The lowest BCUT2D eigenvalue weighted by molar-refractivity contribution is 0.455. The number of hydrogen-bond donors (Lipinski definition) is 1. The van der Waals surface area contributed by atoms with E-state index >= 15 is 0 Å². The van der Waals surface area contributed by atoms with E-state index in [9.17, 15) is 5.11 Å². The molecule has 0 saturated carbocycles. The van der Waals surface area contributed by atoms with Crippen molar-refractivity contribution in [1.29, 1.82) is 0 Å². The summed E-state index contributed by atoms with van der Waals surface area (Å²) in [4.78, 5) is 0. The molecule has 0 amide bonds. The normalized spacial score (nSPS) is 10.9. The molecule has 2 aromatic carbocycles. The van der Waals surface area contributed by atoms with Gasteiger partial charge in [0.1, 0.15) is 11.4 Å². The number of aromatic nitrogens is 1. The highest BCUT2D eigenvalue weighted by Gasteiger charge is 2.13. The molecule has 4 heteroatoms. The fourth-order valence-corrected chi connectivity index (χ4v) is 2.14. The van der Waals surface area contributed by atoms with Gasteiger partial charge in [0.15, 0.2) is 5.58 Å². The Bertz CT molecular complexity index is 691. The number of rotatable bonds is 1. The fraction of sp³-hybridized carbons (Fsp3) is 0. The first-order chi connectivity index (χ1) is 8.25. The molecule has 3 aromatic rings. The average Bonchev–Trinajstić information content (AvgIpc) is 2.76. The third-order valence-electron chi connectivity index (χ3n) is 2.59. The standard InChI is InChI=1S/C13H8BrNO2/c14-8-5-6-11(16)10(7-8)13-9-3-1-2-4-12(9)17-15-13/h1-7,16H. The molecule has 1 heterocycles. The summed E-state index contributed by atoms with van der Waals surface area (Å²) in [7, 11) is 0. The molecule has 1 aromatic heterocycles. The Morgan fingerprint density at radius 3 is 2.82 bits per heavy atom. The van der Waals surface area contributed by atoms with Crippen LogP contribution in [-0.4, -0.2) is 10.3 Å². The molecule has 3 rings (SSSR count). The summed E-state index contributed by atoms with van der Waals surface area (Å²) in [5, 5.41) is 14.8. The minimum Gasteiger partial charge on any atom is -0.507 e. The molecule has 0 aliphatic heterocycles. The monoisotopic (exact) mass is 289 g/mol. The van der Waals surface area contributed by atoms with Gasteiger partial charge in [-0.3, -0.25) is 0 Å². The molecule has 17 heavy (non-hydrogen) atoms. The quantitative estimate of drug-likeness (QED) is 0.737. The molecular formula is C13H8BrNO2. The van der Waals surface area contributed by atoms with Crippen LogP contribution >= 0.6 is 15.9 Å². The van der Waals surface area contributed by atoms with Crippen molar-refractivity contribution in [2.45, 2.75) is 0 Å². The maximum absolute atomic E-state index is 9.86. The zero-order chi connectivity index (χ0) is 11.8. The van der Waals surface area contributed by atoms with Gasteiger partial charge in [0.25, 0.3) is 0 Å². The van der Waals surface area contributed by atoms with Gasteiger partial charge in [0, 0.05) is 15.4 Å². The van der Waals surface area contributed by atoms with Crippen LogP contribution in [0.2, 0.25) is 0 Å². The highest BCUT2D eigenvalue weighted by molar-refractivity contribution is 9.10. The van der Waals surface area contributed by atoms with E-state index in [1.807, 2.05) is 30.3 Å². The largest absolute Gasteiger partial charge is 0.507 e. The molecule has 1 N–H and O–H groups in total.